The van der Waals surface area contributed by atoms with Gasteiger partial charge in [0.2, 0.25) is 0 Å². The Bertz CT molecular complexity index is 1460. The normalized spacial score (nSPS) is 38.3. The quantitative estimate of drug-likeness (QED) is 0.133. The second-order valence-electron chi connectivity index (χ2n) is 19.6. The molecule has 6 fully saturated rings. The highest BCUT2D eigenvalue weighted by Crippen LogP contribution is 2.74. The number of ketones is 1. The minimum Gasteiger partial charge on any atom is -0.461 e. The summed E-state index contributed by atoms with van der Waals surface area (Å²) in [6.07, 6.45) is 9.33. The van der Waals surface area contributed by atoms with Crippen molar-refractivity contribution in [3.8, 4) is 0 Å². The lowest BCUT2D eigenvalue weighted by atomic mass is 9.36. The molecule has 0 heterocycles. The number of allylic oxidation sites excluding steroid dienone is 1. The van der Waals surface area contributed by atoms with Crippen LogP contribution in [0.1, 0.15) is 145 Å². The van der Waals surface area contributed by atoms with Gasteiger partial charge in [0.1, 0.15) is 18.0 Å². The Morgan fingerprint density at radius 2 is 1.40 bits per heavy atom. The standard InChI is InChI=1S/C42H62O8/c1-23(21-30(49-36(45)25-11-12-25)34(39(4,5)47)50-37(46)26-13-14-26)27-15-19-41(7)28(27)22-29(48-35(44)24-9-10-24)33-40(6)18-17-32(43)38(2,3)31(40)16-20-42(33,41)8/h23-26,29-31,33-34,47H,9-22H2,1-8H3/t23-,29+,30+,31+,33+,34-,40+,41+,42+/m1/s1. The molecule has 0 radical (unpaired) electrons. The Labute approximate surface area is 299 Å². The first-order chi connectivity index (χ1) is 23.3. The highest BCUT2D eigenvalue weighted by molar-refractivity contribution is 5.85. The molecule has 6 saturated carbocycles. The number of fused-ring (bicyclic) bond motifs is 5. The van der Waals surface area contributed by atoms with Gasteiger partial charge in [-0.25, -0.2) is 0 Å². The van der Waals surface area contributed by atoms with Gasteiger partial charge in [0, 0.05) is 24.2 Å². The van der Waals surface area contributed by atoms with Crippen molar-refractivity contribution in [1.29, 1.82) is 0 Å². The topological polar surface area (TPSA) is 116 Å². The fraction of sp³-hybridized carbons (Fsp3) is 0.857. The van der Waals surface area contributed by atoms with E-state index in [9.17, 15) is 24.3 Å². The first-order valence-electron chi connectivity index (χ1n) is 19.9. The number of hydrogen-bond donors (Lipinski definition) is 1. The summed E-state index contributed by atoms with van der Waals surface area (Å²) in [7, 11) is 0. The monoisotopic (exact) mass is 694 g/mol. The second-order valence-corrected chi connectivity index (χ2v) is 19.6. The van der Waals surface area contributed by atoms with Crippen LogP contribution in [0.25, 0.3) is 0 Å². The van der Waals surface area contributed by atoms with Gasteiger partial charge in [-0.15, -0.1) is 0 Å². The van der Waals surface area contributed by atoms with E-state index in [0.717, 1.165) is 70.6 Å². The molecule has 0 aromatic rings. The van der Waals surface area contributed by atoms with Crippen molar-refractivity contribution in [2.24, 2.45) is 57.2 Å². The van der Waals surface area contributed by atoms with Gasteiger partial charge in [-0.3, -0.25) is 19.2 Å². The predicted octanol–water partition coefficient (Wildman–Crippen LogP) is 7.68. The van der Waals surface area contributed by atoms with Gasteiger partial charge in [-0.1, -0.05) is 52.7 Å². The number of hydrogen-bond acceptors (Lipinski definition) is 8. The molecule has 8 nitrogen and oxygen atoms in total. The third-order valence-electron chi connectivity index (χ3n) is 15.3. The summed E-state index contributed by atoms with van der Waals surface area (Å²) in [5, 5.41) is 11.3. The maximum Gasteiger partial charge on any atom is 0.309 e. The van der Waals surface area contributed by atoms with Crippen LogP contribution in [0.5, 0.6) is 0 Å². The summed E-state index contributed by atoms with van der Waals surface area (Å²) in [6, 6.07) is 0. The fourth-order valence-electron chi connectivity index (χ4n) is 11.8. The van der Waals surface area contributed by atoms with Crippen LogP contribution in [0.4, 0.5) is 0 Å². The molecule has 0 amide bonds. The second kappa shape index (κ2) is 12.2. The summed E-state index contributed by atoms with van der Waals surface area (Å²) >= 11 is 0. The van der Waals surface area contributed by atoms with Gasteiger partial charge >= 0.3 is 17.9 Å². The lowest BCUT2D eigenvalue weighted by Gasteiger charge is -2.69. The minimum absolute atomic E-state index is 0.00103. The maximum atomic E-state index is 13.5. The molecule has 0 aromatic carbocycles. The van der Waals surface area contributed by atoms with E-state index in [1.165, 1.54) is 11.1 Å². The molecule has 278 valence electrons. The van der Waals surface area contributed by atoms with Crippen LogP contribution in [0.2, 0.25) is 0 Å². The van der Waals surface area contributed by atoms with E-state index in [0.29, 0.717) is 25.0 Å². The Hall–Kier alpha value is -2.22. The van der Waals surface area contributed by atoms with E-state index in [1.54, 1.807) is 13.8 Å². The van der Waals surface area contributed by atoms with Gasteiger partial charge in [-0.2, -0.15) is 0 Å². The molecule has 1 N–H and O–H groups in total. The molecule has 9 atom stereocenters. The molecular weight excluding hydrogens is 632 g/mol. The Kier molecular flexibility index (Phi) is 8.79. The Balaban J connectivity index is 1.24. The van der Waals surface area contributed by atoms with Gasteiger partial charge < -0.3 is 19.3 Å². The van der Waals surface area contributed by atoms with Crippen LogP contribution in [-0.2, 0) is 33.4 Å². The average molecular weight is 695 g/mol. The third kappa shape index (κ3) is 5.99. The first kappa shape index (κ1) is 36.2. The van der Waals surface area contributed by atoms with Crippen molar-refractivity contribution in [2.75, 3.05) is 0 Å². The van der Waals surface area contributed by atoms with Gasteiger partial charge in [-0.05, 0) is 119 Å². The van der Waals surface area contributed by atoms with E-state index in [1.807, 2.05) is 0 Å². The van der Waals surface area contributed by atoms with Gasteiger partial charge in [0.15, 0.2) is 6.10 Å². The molecule has 50 heavy (non-hydrogen) atoms. The summed E-state index contributed by atoms with van der Waals surface area (Å²) in [5.41, 5.74) is 0.531. The Morgan fingerprint density at radius 3 is 1.98 bits per heavy atom. The van der Waals surface area contributed by atoms with Crippen molar-refractivity contribution >= 4 is 23.7 Å². The number of rotatable bonds is 11. The summed E-state index contributed by atoms with van der Waals surface area (Å²) in [5.74, 6) is -0.198. The molecular formula is C42H62O8. The zero-order valence-electron chi connectivity index (χ0n) is 31.9. The lowest BCUT2D eigenvalue weighted by molar-refractivity contribution is -0.218. The molecule has 7 rings (SSSR count). The zero-order valence-corrected chi connectivity index (χ0v) is 31.9. The van der Waals surface area contributed by atoms with Crippen molar-refractivity contribution in [1.82, 2.24) is 0 Å². The lowest BCUT2D eigenvalue weighted by Crippen LogP contribution is -2.66. The number of Topliss-reactive ketones (excluding diaryl/α,β-unsaturated/α-hetero) is 1. The molecule has 8 heteroatoms. The molecule has 7 aliphatic rings. The van der Waals surface area contributed by atoms with Crippen LogP contribution in [0.15, 0.2) is 11.1 Å². The van der Waals surface area contributed by atoms with E-state index in [4.69, 9.17) is 14.2 Å². The fourth-order valence-corrected chi connectivity index (χ4v) is 11.8. The predicted molar refractivity (Wildman–Crippen MR) is 187 cm³/mol. The first-order valence-corrected chi connectivity index (χ1v) is 19.9. The van der Waals surface area contributed by atoms with Crippen molar-refractivity contribution in [2.45, 2.75) is 169 Å². The molecule has 0 saturated heterocycles. The van der Waals surface area contributed by atoms with E-state index >= 15 is 0 Å². The maximum absolute atomic E-state index is 13.5. The van der Waals surface area contributed by atoms with Crippen LogP contribution in [-0.4, -0.2) is 52.7 Å². The Morgan fingerprint density at radius 1 is 0.820 bits per heavy atom. The van der Waals surface area contributed by atoms with E-state index in [-0.39, 0.29) is 75.8 Å². The van der Waals surface area contributed by atoms with Gasteiger partial charge in [0.05, 0.1) is 23.4 Å². The smallest absolute Gasteiger partial charge is 0.309 e. The SMILES string of the molecule is C[C@H](C[C@H](OC(=O)C1CC1)[C@@H](OC(=O)C1CC1)C(C)(C)O)C1=C2C[C@H](OC(=O)C3CC3)[C@H]3[C@@]4(C)CCC(=O)C(C)(C)[C@@H]4CC[C@]3(C)[C@@]2(C)CC1. The average Bonchev–Trinajstić information content (AvgIpc) is 3.88. The van der Waals surface area contributed by atoms with Crippen molar-refractivity contribution < 1.29 is 38.5 Å². The van der Waals surface area contributed by atoms with Crippen molar-refractivity contribution in [3.63, 3.8) is 0 Å². The summed E-state index contributed by atoms with van der Waals surface area (Å²) < 4.78 is 18.8. The molecule has 0 bridgehead atoms. The molecule has 0 aliphatic heterocycles. The summed E-state index contributed by atoms with van der Waals surface area (Å²) in [6.45, 7) is 17.0. The number of aliphatic hydroxyl groups is 1. The summed E-state index contributed by atoms with van der Waals surface area (Å²) in [4.78, 5) is 52.9. The third-order valence-corrected chi connectivity index (χ3v) is 15.3. The molecule has 0 aromatic heterocycles. The largest absolute Gasteiger partial charge is 0.461 e. The zero-order chi connectivity index (χ0) is 36.2. The number of carbonyl (C=O) groups excluding carboxylic acids is 4. The van der Waals surface area contributed by atoms with E-state index in [2.05, 4.69) is 41.5 Å². The number of esters is 3. The number of ether oxygens (including phenoxy) is 3. The van der Waals surface area contributed by atoms with E-state index < -0.39 is 23.2 Å². The molecule has 7 aliphatic carbocycles. The number of carbonyl (C=O) groups is 4. The van der Waals surface area contributed by atoms with Crippen molar-refractivity contribution in [3.05, 3.63) is 11.1 Å². The van der Waals surface area contributed by atoms with Crippen LogP contribution in [0, 0.1) is 57.2 Å². The van der Waals surface area contributed by atoms with Gasteiger partial charge in [0.25, 0.3) is 0 Å². The van der Waals surface area contributed by atoms with Crippen LogP contribution >= 0.6 is 0 Å². The molecule has 0 spiro atoms. The highest BCUT2D eigenvalue weighted by Gasteiger charge is 2.70. The minimum atomic E-state index is -1.41. The molecule has 0 unspecified atom stereocenters. The van der Waals surface area contributed by atoms with Crippen LogP contribution in [0.3, 0.4) is 0 Å². The highest BCUT2D eigenvalue weighted by atomic mass is 16.6. The van der Waals surface area contributed by atoms with Crippen LogP contribution < -0.4 is 0 Å².